The minimum Gasteiger partial charge on any atom is -0.464 e. The first-order chi connectivity index (χ1) is 13.6. The van der Waals surface area contributed by atoms with E-state index in [0.717, 1.165) is 28.6 Å². The summed E-state index contributed by atoms with van der Waals surface area (Å²) in [6, 6.07) is 12.6. The zero-order valence-electron chi connectivity index (χ0n) is 16.8. The monoisotopic (exact) mass is 376 g/mol. The molecule has 2 heterocycles. The van der Waals surface area contributed by atoms with Gasteiger partial charge in [0.1, 0.15) is 5.58 Å². The highest BCUT2D eigenvalue weighted by atomic mass is 16.3. The van der Waals surface area contributed by atoms with Crippen LogP contribution in [-0.2, 0) is 24.3 Å². The molecule has 2 aromatic carbocycles. The van der Waals surface area contributed by atoms with E-state index in [2.05, 4.69) is 54.4 Å². The van der Waals surface area contributed by atoms with E-state index in [4.69, 9.17) is 4.42 Å². The molecule has 1 amide bonds. The number of carbonyl (C=O) groups excluding carboxylic acids is 1. The van der Waals surface area contributed by atoms with Gasteiger partial charge in [-0.2, -0.15) is 0 Å². The Labute approximate surface area is 166 Å². The predicted octanol–water partition coefficient (Wildman–Crippen LogP) is 4.50. The highest BCUT2D eigenvalue weighted by molar-refractivity contribution is 5.89. The van der Waals surface area contributed by atoms with Gasteiger partial charge in [-0.05, 0) is 62.0 Å². The third-order valence-electron chi connectivity index (χ3n) is 5.88. The second-order valence-corrected chi connectivity index (χ2v) is 7.85. The SMILES string of the molecule is Cc1ccc2c(CC(=O)NCc3ccccc3CN3CCCC3)coc2c1C. The maximum Gasteiger partial charge on any atom is 0.224 e. The molecule has 0 aliphatic carbocycles. The van der Waals surface area contributed by atoms with Crippen molar-refractivity contribution in [1.29, 1.82) is 0 Å². The van der Waals surface area contributed by atoms with Gasteiger partial charge in [-0.3, -0.25) is 9.69 Å². The second kappa shape index (κ2) is 8.19. The fourth-order valence-corrected chi connectivity index (χ4v) is 4.02. The largest absolute Gasteiger partial charge is 0.464 e. The van der Waals surface area contributed by atoms with Crippen LogP contribution in [0.2, 0.25) is 0 Å². The van der Waals surface area contributed by atoms with Crippen molar-refractivity contribution in [2.45, 2.75) is 46.2 Å². The molecule has 0 bridgehead atoms. The molecule has 1 N–H and O–H groups in total. The van der Waals surface area contributed by atoms with Crippen LogP contribution >= 0.6 is 0 Å². The summed E-state index contributed by atoms with van der Waals surface area (Å²) >= 11 is 0. The number of hydrogen-bond donors (Lipinski definition) is 1. The molecule has 0 unspecified atom stereocenters. The molecule has 3 aromatic rings. The van der Waals surface area contributed by atoms with Crippen LogP contribution in [0.1, 0.15) is 40.7 Å². The van der Waals surface area contributed by atoms with E-state index >= 15 is 0 Å². The fourth-order valence-electron chi connectivity index (χ4n) is 4.02. The summed E-state index contributed by atoms with van der Waals surface area (Å²) in [6.45, 7) is 8.01. The molecule has 0 saturated carbocycles. The van der Waals surface area contributed by atoms with Crippen molar-refractivity contribution >= 4 is 16.9 Å². The predicted molar refractivity (Wildman–Crippen MR) is 112 cm³/mol. The molecular formula is C24H28N2O2. The number of benzene rings is 2. The quantitative estimate of drug-likeness (QED) is 0.689. The molecule has 1 aliphatic rings. The normalized spacial score (nSPS) is 14.6. The summed E-state index contributed by atoms with van der Waals surface area (Å²) in [6.07, 6.45) is 4.63. The lowest BCUT2D eigenvalue weighted by Crippen LogP contribution is -2.26. The Hall–Kier alpha value is -2.59. The van der Waals surface area contributed by atoms with Crippen LogP contribution in [0.15, 0.2) is 47.1 Å². The van der Waals surface area contributed by atoms with Crippen LogP contribution < -0.4 is 5.32 Å². The third-order valence-corrected chi connectivity index (χ3v) is 5.88. The number of fused-ring (bicyclic) bond motifs is 1. The van der Waals surface area contributed by atoms with Gasteiger partial charge < -0.3 is 9.73 Å². The average Bonchev–Trinajstić information content (AvgIpc) is 3.34. The average molecular weight is 377 g/mol. The molecule has 4 nitrogen and oxygen atoms in total. The van der Waals surface area contributed by atoms with Gasteiger partial charge in [0, 0.05) is 24.0 Å². The minimum absolute atomic E-state index is 0.0249. The number of aryl methyl sites for hydroxylation is 2. The molecule has 0 atom stereocenters. The Bertz CT molecular complexity index is 983. The molecule has 1 fully saturated rings. The molecular weight excluding hydrogens is 348 g/mol. The lowest BCUT2D eigenvalue weighted by atomic mass is 10.0. The summed E-state index contributed by atoms with van der Waals surface area (Å²) < 4.78 is 5.73. The molecule has 1 aromatic heterocycles. The molecule has 0 radical (unpaired) electrons. The Kier molecular flexibility index (Phi) is 5.49. The highest BCUT2D eigenvalue weighted by Gasteiger charge is 2.15. The number of carbonyl (C=O) groups is 1. The minimum atomic E-state index is 0.0249. The zero-order valence-corrected chi connectivity index (χ0v) is 16.8. The highest BCUT2D eigenvalue weighted by Crippen LogP contribution is 2.26. The Balaban J connectivity index is 1.41. The Morgan fingerprint density at radius 2 is 1.79 bits per heavy atom. The molecule has 28 heavy (non-hydrogen) atoms. The van der Waals surface area contributed by atoms with Gasteiger partial charge in [0.05, 0.1) is 12.7 Å². The smallest absolute Gasteiger partial charge is 0.224 e. The van der Waals surface area contributed by atoms with Crippen molar-refractivity contribution in [1.82, 2.24) is 10.2 Å². The van der Waals surface area contributed by atoms with Crippen LogP contribution in [-0.4, -0.2) is 23.9 Å². The van der Waals surface area contributed by atoms with Gasteiger partial charge in [0.25, 0.3) is 0 Å². The maximum absolute atomic E-state index is 12.6. The Morgan fingerprint density at radius 3 is 2.57 bits per heavy atom. The van der Waals surface area contributed by atoms with E-state index in [1.807, 2.05) is 6.07 Å². The number of hydrogen-bond acceptors (Lipinski definition) is 3. The van der Waals surface area contributed by atoms with E-state index < -0.39 is 0 Å². The van der Waals surface area contributed by atoms with Crippen molar-refractivity contribution in [2.75, 3.05) is 13.1 Å². The van der Waals surface area contributed by atoms with Gasteiger partial charge in [-0.25, -0.2) is 0 Å². The number of nitrogens with zero attached hydrogens (tertiary/aromatic N) is 1. The molecule has 1 saturated heterocycles. The third kappa shape index (κ3) is 3.97. The number of amides is 1. The number of likely N-dealkylation sites (tertiary alicyclic amines) is 1. The summed E-state index contributed by atoms with van der Waals surface area (Å²) in [5, 5.41) is 4.13. The summed E-state index contributed by atoms with van der Waals surface area (Å²) in [5.74, 6) is 0.0249. The van der Waals surface area contributed by atoms with Gasteiger partial charge in [0.15, 0.2) is 0 Å². The second-order valence-electron chi connectivity index (χ2n) is 7.85. The van der Waals surface area contributed by atoms with Crippen LogP contribution in [0.4, 0.5) is 0 Å². The standard InChI is InChI=1S/C24H28N2O2/c1-17-9-10-22-21(16-28-24(22)18(17)2)13-23(27)25-14-19-7-3-4-8-20(19)15-26-11-5-6-12-26/h3-4,7-10,16H,5-6,11-15H2,1-2H3,(H,25,27). The van der Waals surface area contributed by atoms with Gasteiger partial charge in [0.2, 0.25) is 5.91 Å². The first-order valence-electron chi connectivity index (χ1n) is 10.1. The number of nitrogens with one attached hydrogen (secondary N) is 1. The van der Waals surface area contributed by atoms with Crippen LogP contribution in [0, 0.1) is 13.8 Å². The molecule has 1 aliphatic heterocycles. The van der Waals surface area contributed by atoms with Gasteiger partial charge >= 0.3 is 0 Å². The van der Waals surface area contributed by atoms with Crippen molar-refractivity contribution < 1.29 is 9.21 Å². The fraction of sp³-hybridized carbons (Fsp3) is 0.375. The van der Waals surface area contributed by atoms with Crippen molar-refractivity contribution in [3.05, 3.63) is 70.5 Å². The van der Waals surface area contributed by atoms with E-state index in [0.29, 0.717) is 13.0 Å². The molecule has 4 rings (SSSR count). The van der Waals surface area contributed by atoms with Crippen LogP contribution in [0.25, 0.3) is 11.0 Å². The molecule has 4 heteroatoms. The van der Waals surface area contributed by atoms with Crippen molar-refractivity contribution in [3.8, 4) is 0 Å². The summed E-state index contributed by atoms with van der Waals surface area (Å²) in [5.41, 5.74) is 6.68. The van der Waals surface area contributed by atoms with E-state index in [9.17, 15) is 4.79 Å². The molecule has 146 valence electrons. The first-order valence-corrected chi connectivity index (χ1v) is 10.1. The van der Waals surface area contributed by atoms with Gasteiger partial charge in [-0.1, -0.05) is 36.4 Å². The van der Waals surface area contributed by atoms with E-state index in [1.165, 1.54) is 42.6 Å². The van der Waals surface area contributed by atoms with E-state index in [-0.39, 0.29) is 5.91 Å². The summed E-state index contributed by atoms with van der Waals surface area (Å²) in [7, 11) is 0. The molecule has 0 spiro atoms. The summed E-state index contributed by atoms with van der Waals surface area (Å²) in [4.78, 5) is 15.1. The van der Waals surface area contributed by atoms with Crippen LogP contribution in [0.5, 0.6) is 0 Å². The number of furan rings is 1. The Morgan fingerprint density at radius 1 is 1.04 bits per heavy atom. The first kappa shape index (κ1) is 18.8. The van der Waals surface area contributed by atoms with Crippen LogP contribution in [0.3, 0.4) is 0 Å². The van der Waals surface area contributed by atoms with Crippen molar-refractivity contribution in [3.63, 3.8) is 0 Å². The maximum atomic E-state index is 12.6. The topological polar surface area (TPSA) is 45.5 Å². The lowest BCUT2D eigenvalue weighted by Gasteiger charge is -2.17. The van der Waals surface area contributed by atoms with Crippen molar-refractivity contribution in [2.24, 2.45) is 0 Å². The lowest BCUT2D eigenvalue weighted by molar-refractivity contribution is -0.120. The van der Waals surface area contributed by atoms with Gasteiger partial charge in [-0.15, -0.1) is 0 Å². The zero-order chi connectivity index (χ0) is 19.5. The number of rotatable bonds is 6. The van der Waals surface area contributed by atoms with E-state index in [1.54, 1.807) is 6.26 Å².